The first-order chi connectivity index (χ1) is 9.47. The predicted molar refractivity (Wildman–Crippen MR) is 73.6 cm³/mol. The Balaban J connectivity index is 2.70. The summed E-state index contributed by atoms with van der Waals surface area (Å²) in [4.78, 5) is 10.5. The first kappa shape index (κ1) is 13.9. The van der Waals surface area contributed by atoms with Gasteiger partial charge >= 0.3 is 5.69 Å². The topological polar surface area (TPSA) is 104 Å². The number of para-hydroxylation sites is 1. The van der Waals surface area contributed by atoms with E-state index in [0.29, 0.717) is 16.8 Å². The Morgan fingerprint density at radius 1 is 1.45 bits per heavy atom. The van der Waals surface area contributed by atoms with Crippen LogP contribution >= 0.6 is 0 Å². The molecule has 1 heterocycles. The van der Waals surface area contributed by atoms with Gasteiger partial charge in [-0.3, -0.25) is 10.1 Å². The maximum absolute atomic E-state index is 11.0. The highest BCUT2D eigenvalue weighted by Gasteiger charge is 2.25. The molecule has 0 fully saturated rings. The van der Waals surface area contributed by atoms with Crippen LogP contribution in [-0.4, -0.2) is 17.2 Å². The van der Waals surface area contributed by atoms with E-state index in [4.69, 9.17) is 15.0 Å². The predicted octanol–water partition coefficient (Wildman–Crippen LogP) is 2.96. The molecule has 0 spiro atoms. The highest BCUT2D eigenvalue weighted by atomic mass is 16.6. The lowest BCUT2D eigenvalue weighted by Crippen LogP contribution is -1.99. The zero-order valence-electron chi connectivity index (χ0n) is 11.4. The summed E-state index contributed by atoms with van der Waals surface area (Å²) in [6.45, 7) is 3.88. The Bertz CT molecular complexity index is 649. The van der Waals surface area contributed by atoms with Gasteiger partial charge in [0.2, 0.25) is 11.6 Å². The summed E-state index contributed by atoms with van der Waals surface area (Å²) in [5, 5.41) is 15.0. The number of benzene rings is 1. The van der Waals surface area contributed by atoms with Crippen molar-refractivity contribution in [2.75, 3.05) is 12.8 Å². The van der Waals surface area contributed by atoms with Crippen molar-refractivity contribution in [2.24, 2.45) is 0 Å². The van der Waals surface area contributed by atoms with Crippen LogP contribution in [0, 0.1) is 10.1 Å². The fraction of sp³-hybridized carbons (Fsp3) is 0.308. The van der Waals surface area contributed by atoms with Gasteiger partial charge in [0.25, 0.3) is 0 Å². The van der Waals surface area contributed by atoms with Crippen LogP contribution in [0.15, 0.2) is 22.7 Å². The van der Waals surface area contributed by atoms with Crippen LogP contribution in [0.3, 0.4) is 0 Å². The van der Waals surface area contributed by atoms with E-state index in [0.717, 1.165) is 0 Å². The molecule has 0 radical (unpaired) electrons. The van der Waals surface area contributed by atoms with Gasteiger partial charge in [-0.2, -0.15) is 0 Å². The third kappa shape index (κ3) is 2.18. The van der Waals surface area contributed by atoms with Gasteiger partial charge < -0.3 is 15.0 Å². The smallest absolute Gasteiger partial charge is 0.311 e. The van der Waals surface area contributed by atoms with Gasteiger partial charge in [0.15, 0.2) is 0 Å². The van der Waals surface area contributed by atoms with Gasteiger partial charge in [0.05, 0.1) is 17.6 Å². The molecular formula is C13H15N3O4. The summed E-state index contributed by atoms with van der Waals surface area (Å²) >= 11 is 0. The Morgan fingerprint density at radius 3 is 2.70 bits per heavy atom. The molecule has 7 heteroatoms. The van der Waals surface area contributed by atoms with Crippen LogP contribution < -0.4 is 10.5 Å². The first-order valence-electron chi connectivity index (χ1n) is 6.04. The second kappa shape index (κ2) is 5.20. The monoisotopic (exact) mass is 277 g/mol. The lowest BCUT2D eigenvalue weighted by molar-refractivity contribution is -0.385. The SMILES string of the molecule is COc1c(-c2noc(N)c2C(C)C)cccc1[N+](=O)[O-]. The van der Waals surface area contributed by atoms with Crippen molar-refractivity contribution in [1.29, 1.82) is 0 Å². The molecule has 0 aliphatic carbocycles. The lowest BCUT2D eigenvalue weighted by Gasteiger charge is -2.09. The molecule has 0 bridgehead atoms. The summed E-state index contributed by atoms with van der Waals surface area (Å²) in [7, 11) is 1.38. The quantitative estimate of drug-likeness (QED) is 0.680. The minimum Gasteiger partial charge on any atom is -0.490 e. The molecule has 0 saturated heterocycles. The van der Waals surface area contributed by atoms with Gasteiger partial charge in [0, 0.05) is 11.6 Å². The first-order valence-corrected chi connectivity index (χ1v) is 6.04. The molecule has 2 N–H and O–H groups in total. The minimum absolute atomic E-state index is 0.0696. The average Bonchev–Trinajstić information content (AvgIpc) is 2.79. The molecule has 0 saturated carbocycles. The van der Waals surface area contributed by atoms with Crippen molar-refractivity contribution in [3.05, 3.63) is 33.9 Å². The number of nitro groups is 1. The summed E-state index contributed by atoms with van der Waals surface area (Å²) in [5.41, 5.74) is 7.32. The number of nitrogen functional groups attached to an aromatic ring is 1. The van der Waals surface area contributed by atoms with Gasteiger partial charge in [-0.1, -0.05) is 25.1 Å². The normalized spacial score (nSPS) is 10.8. The number of hydrogen-bond donors (Lipinski definition) is 1. The lowest BCUT2D eigenvalue weighted by atomic mass is 9.98. The van der Waals surface area contributed by atoms with Gasteiger partial charge in [-0.05, 0) is 12.0 Å². The van der Waals surface area contributed by atoms with Crippen LogP contribution in [0.5, 0.6) is 5.75 Å². The number of anilines is 1. The highest BCUT2D eigenvalue weighted by Crippen LogP contribution is 2.41. The Kier molecular flexibility index (Phi) is 3.60. The summed E-state index contributed by atoms with van der Waals surface area (Å²) in [5.74, 6) is 0.427. The number of nitro benzene ring substituents is 1. The number of methoxy groups -OCH3 is 1. The number of nitrogens with zero attached hydrogens (tertiary/aromatic N) is 2. The van der Waals surface area contributed by atoms with E-state index < -0.39 is 4.92 Å². The molecular weight excluding hydrogens is 262 g/mol. The third-order valence-electron chi connectivity index (χ3n) is 2.98. The molecule has 0 unspecified atom stereocenters. The van der Waals surface area contributed by atoms with Crippen LogP contribution in [0.4, 0.5) is 11.6 Å². The zero-order valence-corrected chi connectivity index (χ0v) is 11.4. The number of rotatable bonds is 4. The number of ether oxygens (including phenoxy) is 1. The zero-order chi connectivity index (χ0) is 14.9. The van der Waals surface area contributed by atoms with E-state index in [1.54, 1.807) is 12.1 Å². The van der Waals surface area contributed by atoms with E-state index in [-0.39, 0.29) is 23.2 Å². The Morgan fingerprint density at radius 2 is 2.15 bits per heavy atom. The van der Waals surface area contributed by atoms with Crippen LogP contribution in [0.1, 0.15) is 25.3 Å². The van der Waals surface area contributed by atoms with Crippen LogP contribution in [0.25, 0.3) is 11.3 Å². The Hall–Kier alpha value is -2.57. The van der Waals surface area contributed by atoms with E-state index in [2.05, 4.69) is 5.16 Å². The maximum atomic E-state index is 11.0. The molecule has 106 valence electrons. The van der Waals surface area contributed by atoms with Crippen molar-refractivity contribution >= 4 is 11.6 Å². The van der Waals surface area contributed by atoms with Crippen molar-refractivity contribution in [1.82, 2.24) is 5.16 Å². The molecule has 2 rings (SSSR count). The fourth-order valence-electron chi connectivity index (χ4n) is 2.13. The minimum atomic E-state index is -0.499. The molecule has 20 heavy (non-hydrogen) atoms. The van der Waals surface area contributed by atoms with E-state index in [9.17, 15) is 10.1 Å². The molecule has 0 aliphatic heterocycles. The molecule has 0 atom stereocenters. The molecule has 1 aromatic carbocycles. The number of nitrogens with two attached hydrogens (primary N) is 1. The maximum Gasteiger partial charge on any atom is 0.311 e. The third-order valence-corrected chi connectivity index (χ3v) is 2.98. The second-order valence-corrected chi connectivity index (χ2v) is 4.58. The van der Waals surface area contributed by atoms with Crippen LogP contribution in [0.2, 0.25) is 0 Å². The summed E-state index contributed by atoms with van der Waals surface area (Å²) < 4.78 is 10.2. The van der Waals surface area contributed by atoms with E-state index >= 15 is 0 Å². The standard InChI is InChI=1S/C13H15N3O4/c1-7(2)10-11(15-20-13(10)14)8-5-4-6-9(16(17)18)12(8)19-3/h4-7H,14H2,1-3H3. The number of aromatic nitrogens is 1. The summed E-state index contributed by atoms with van der Waals surface area (Å²) in [6, 6.07) is 4.64. The largest absolute Gasteiger partial charge is 0.490 e. The molecule has 1 aromatic heterocycles. The average molecular weight is 277 g/mol. The highest BCUT2D eigenvalue weighted by molar-refractivity contribution is 5.77. The summed E-state index contributed by atoms with van der Waals surface area (Å²) in [6.07, 6.45) is 0. The number of hydrogen-bond acceptors (Lipinski definition) is 6. The van der Waals surface area contributed by atoms with Crippen molar-refractivity contribution in [3.8, 4) is 17.0 Å². The molecule has 0 amide bonds. The van der Waals surface area contributed by atoms with E-state index in [1.165, 1.54) is 13.2 Å². The second-order valence-electron chi connectivity index (χ2n) is 4.58. The van der Waals surface area contributed by atoms with Crippen molar-refractivity contribution in [2.45, 2.75) is 19.8 Å². The molecule has 0 aliphatic rings. The van der Waals surface area contributed by atoms with Gasteiger partial charge in [0.1, 0.15) is 5.69 Å². The van der Waals surface area contributed by atoms with Gasteiger partial charge in [-0.25, -0.2) is 0 Å². The Labute approximate surface area is 115 Å². The molecule has 2 aromatic rings. The van der Waals surface area contributed by atoms with Crippen molar-refractivity contribution in [3.63, 3.8) is 0 Å². The van der Waals surface area contributed by atoms with Crippen molar-refractivity contribution < 1.29 is 14.2 Å². The fourth-order valence-corrected chi connectivity index (χ4v) is 2.13. The van der Waals surface area contributed by atoms with E-state index in [1.807, 2.05) is 13.8 Å². The van der Waals surface area contributed by atoms with Gasteiger partial charge in [-0.15, -0.1) is 0 Å². The van der Waals surface area contributed by atoms with Crippen LogP contribution in [-0.2, 0) is 0 Å². The molecule has 7 nitrogen and oxygen atoms in total.